The highest BCUT2D eigenvalue weighted by atomic mass is 32.2. The number of methoxy groups -OCH3 is 1. The van der Waals surface area contributed by atoms with Crippen LogP contribution in [0, 0.1) is 0 Å². The van der Waals surface area contributed by atoms with Crippen LogP contribution in [-0.2, 0) is 34.9 Å². The van der Waals surface area contributed by atoms with Crippen molar-refractivity contribution in [2.75, 3.05) is 39.1 Å². The Bertz CT molecular complexity index is 1270. The number of amides is 1. The Morgan fingerprint density at radius 3 is 2.34 bits per heavy atom. The van der Waals surface area contributed by atoms with Crippen LogP contribution in [0.15, 0.2) is 54.6 Å². The largest absolute Gasteiger partial charge is 0.465 e. The number of ketones is 1. The average Bonchev–Trinajstić information content (AvgIpc) is 3.31. The molecule has 1 amide bonds. The molecule has 0 aromatic heterocycles. The molecule has 1 saturated heterocycles. The van der Waals surface area contributed by atoms with Crippen LogP contribution in [0.4, 0.5) is 5.69 Å². The number of sulfonamides is 1. The standard InChI is InChI=1S/C26H31N3O7S2/c1-18(30)37-23-13-24(29(16-23)38(34,35)17-19-7-5-4-6-8-19)25(32)28(2)15-22(31)14-27-21-11-9-20(10-12-21)26(33)36-3/h4-12,23-24,27H,13-17H2,1-3H3. The van der Waals surface area contributed by atoms with Crippen LogP contribution in [0.25, 0.3) is 0 Å². The highest BCUT2D eigenvalue weighted by molar-refractivity contribution is 8.14. The molecule has 0 aliphatic carbocycles. The van der Waals surface area contributed by atoms with Crippen molar-refractivity contribution < 1.29 is 32.3 Å². The fourth-order valence-corrected chi connectivity index (χ4v) is 7.01. The fourth-order valence-electron chi connectivity index (χ4n) is 4.18. The van der Waals surface area contributed by atoms with E-state index in [1.807, 2.05) is 0 Å². The van der Waals surface area contributed by atoms with E-state index in [0.717, 1.165) is 11.8 Å². The van der Waals surface area contributed by atoms with E-state index in [-0.39, 0.29) is 48.0 Å². The summed E-state index contributed by atoms with van der Waals surface area (Å²) in [5.74, 6) is -1.52. The summed E-state index contributed by atoms with van der Waals surface area (Å²) in [4.78, 5) is 50.4. The monoisotopic (exact) mass is 561 g/mol. The van der Waals surface area contributed by atoms with Gasteiger partial charge in [-0.05, 0) is 36.2 Å². The number of thioether (sulfide) groups is 1. The number of Topliss-reactive ketones (excluding diaryl/α,β-unsaturated/α-hetero) is 1. The Balaban J connectivity index is 1.64. The summed E-state index contributed by atoms with van der Waals surface area (Å²) in [6.07, 6.45) is 0.181. The number of hydrogen-bond donors (Lipinski definition) is 1. The highest BCUT2D eigenvalue weighted by Crippen LogP contribution is 2.32. The second-order valence-corrected chi connectivity index (χ2v) is 12.3. The van der Waals surface area contributed by atoms with Gasteiger partial charge in [0, 0.05) is 31.5 Å². The van der Waals surface area contributed by atoms with E-state index in [1.54, 1.807) is 54.6 Å². The normalized spacial score (nSPS) is 17.6. The van der Waals surface area contributed by atoms with Gasteiger partial charge in [-0.3, -0.25) is 14.4 Å². The molecular formula is C26H31N3O7S2. The number of anilines is 1. The molecule has 38 heavy (non-hydrogen) atoms. The molecular weight excluding hydrogens is 530 g/mol. The number of carbonyl (C=O) groups is 4. The topological polar surface area (TPSA) is 130 Å². The maximum Gasteiger partial charge on any atom is 0.337 e. The van der Waals surface area contributed by atoms with Gasteiger partial charge in [0.2, 0.25) is 15.9 Å². The van der Waals surface area contributed by atoms with Crippen LogP contribution in [0.2, 0.25) is 0 Å². The predicted octanol–water partition coefficient (Wildman–Crippen LogP) is 2.17. The number of benzene rings is 2. The lowest BCUT2D eigenvalue weighted by atomic mass is 10.2. The van der Waals surface area contributed by atoms with Gasteiger partial charge in [-0.1, -0.05) is 42.1 Å². The van der Waals surface area contributed by atoms with Crippen LogP contribution >= 0.6 is 11.8 Å². The number of nitrogens with zero attached hydrogens (tertiary/aromatic N) is 2. The van der Waals surface area contributed by atoms with Gasteiger partial charge < -0.3 is 15.0 Å². The number of hydrogen-bond acceptors (Lipinski definition) is 9. The third-order valence-electron chi connectivity index (χ3n) is 5.97. The summed E-state index contributed by atoms with van der Waals surface area (Å²) in [6, 6.07) is 14.1. The molecule has 1 aliphatic heterocycles. The summed E-state index contributed by atoms with van der Waals surface area (Å²) in [6.45, 7) is 1.16. The molecule has 2 aromatic carbocycles. The Labute approximate surface area is 226 Å². The minimum absolute atomic E-state index is 0.0424. The van der Waals surface area contributed by atoms with Crippen molar-refractivity contribution in [2.24, 2.45) is 0 Å². The predicted molar refractivity (Wildman–Crippen MR) is 145 cm³/mol. The molecule has 1 N–H and O–H groups in total. The van der Waals surface area contributed by atoms with Gasteiger partial charge in [-0.15, -0.1) is 0 Å². The van der Waals surface area contributed by atoms with Crippen LogP contribution in [0.3, 0.4) is 0 Å². The second kappa shape index (κ2) is 13.0. The highest BCUT2D eigenvalue weighted by Gasteiger charge is 2.44. The Hall–Kier alpha value is -3.22. The first-order valence-electron chi connectivity index (χ1n) is 11.9. The Morgan fingerprint density at radius 2 is 1.74 bits per heavy atom. The zero-order valence-electron chi connectivity index (χ0n) is 21.5. The fraction of sp³-hybridized carbons (Fsp3) is 0.385. The van der Waals surface area contributed by atoms with Gasteiger partial charge in [0.15, 0.2) is 10.9 Å². The molecule has 1 fully saturated rings. The van der Waals surface area contributed by atoms with Gasteiger partial charge in [-0.25, -0.2) is 13.2 Å². The molecule has 204 valence electrons. The van der Waals surface area contributed by atoms with Crippen LogP contribution < -0.4 is 5.32 Å². The van der Waals surface area contributed by atoms with Gasteiger partial charge >= 0.3 is 5.97 Å². The lowest BCUT2D eigenvalue weighted by molar-refractivity contribution is -0.136. The first-order chi connectivity index (χ1) is 18.0. The lowest BCUT2D eigenvalue weighted by Gasteiger charge is -2.27. The summed E-state index contributed by atoms with van der Waals surface area (Å²) >= 11 is 1.02. The maximum atomic E-state index is 13.3. The quantitative estimate of drug-likeness (QED) is 0.410. The van der Waals surface area contributed by atoms with Gasteiger partial charge in [0.25, 0.3) is 0 Å². The zero-order chi connectivity index (χ0) is 27.9. The summed E-state index contributed by atoms with van der Waals surface area (Å²) in [5, 5.41) is 2.43. The molecule has 10 nitrogen and oxygen atoms in total. The smallest absolute Gasteiger partial charge is 0.337 e. The van der Waals surface area contributed by atoms with Crippen LogP contribution in [-0.4, -0.2) is 85.5 Å². The number of likely N-dealkylation sites (N-methyl/N-ethyl adjacent to an activating group) is 1. The summed E-state index contributed by atoms with van der Waals surface area (Å²) in [7, 11) is -1.12. The van der Waals surface area contributed by atoms with E-state index in [9.17, 15) is 27.6 Å². The van der Waals surface area contributed by atoms with Crippen molar-refractivity contribution in [1.29, 1.82) is 0 Å². The molecule has 1 heterocycles. The van der Waals surface area contributed by atoms with Crippen molar-refractivity contribution in [3.8, 4) is 0 Å². The Morgan fingerprint density at radius 1 is 1.08 bits per heavy atom. The van der Waals surface area contributed by atoms with Crippen molar-refractivity contribution in [2.45, 2.75) is 30.4 Å². The van der Waals surface area contributed by atoms with Crippen LogP contribution in [0.1, 0.15) is 29.3 Å². The molecule has 2 atom stereocenters. The van der Waals surface area contributed by atoms with Crippen molar-refractivity contribution in [3.05, 3.63) is 65.7 Å². The minimum atomic E-state index is -3.86. The van der Waals surface area contributed by atoms with E-state index in [2.05, 4.69) is 10.1 Å². The van der Waals surface area contributed by atoms with E-state index in [4.69, 9.17) is 0 Å². The SMILES string of the molecule is COC(=O)c1ccc(NCC(=O)CN(C)C(=O)C2CC(SC(C)=O)CN2S(=O)(=O)Cc2ccccc2)cc1. The summed E-state index contributed by atoms with van der Waals surface area (Å²) < 4.78 is 32.4. The molecule has 0 saturated carbocycles. The lowest BCUT2D eigenvalue weighted by Crippen LogP contribution is -2.48. The molecule has 2 aromatic rings. The first kappa shape index (κ1) is 29.3. The van der Waals surface area contributed by atoms with Crippen LogP contribution in [0.5, 0.6) is 0 Å². The maximum absolute atomic E-state index is 13.3. The van der Waals surface area contributed by atoms with Crippen molar-refractivity contribution >= 4 is 50.2 Å². The zero-order valence-corrected chi connectivity index (χ0v) is 23.1. The molecule has 3 rings (SSSR count). The molecule has 0 radical (unpaired) electrons. The van der Waals surface area contributed by atoms with Gasteiger partial charge in [-0.2, -0.15) is 4.31 Å². The molecule has 0 bridgehead atoms. The molecule has 0 spiro atoms. The number of ether oxygens (including phenoxy) is 1. The minimum Gasteiger partial charge on any atom is -0.465 e. The van der Waals surface area contributed by atoms with Gasteiger partial charge in [0.1, 0.15) is 6.04 Å². The first-order valence-corrected chi connectivity index (χ1v) is 14.4. The molecule has 2 unspecified atom stereocenters. The third kappa shape index (κ3) is 7.89. The van der Waals surface area contributed by atoms with E-state index >= 15 is 0 Å². The second-order valence-electron chi connectivity index (χ2n) is 8.95. The molecule has 1 aliphatic rings. The van der Waals surface area contributed by atoms with Crippen molar-refractivity contribution in [1.82, 2.24) is 9.21 Å². The van der Waals surface area contributed by atoms with Gasteiger partial charge in [0.05, 0.1) is 31.5 Å². The van der Waals surface area contributed by atoms with E-state index in [0.29, 0.717) is 16.8 Å². The average molecular weight is 562 g/mol. The number of esters is 1. The number of nitrogens with one attached hydrogen (secondary N) is 1. The Kier molecular flexibility index (Phi) is 10.1. The number of carbonyl (C=O) groups excluding carboxylic acids is 4. The van der Waals surface area contributed by atoms with E-state index < -0.39 is 27.9 Å². The summed E-state index contributed by atoms with van der Waals surface area (Å²) in [5.41, 5.74) is 1.58. The third-order valence-corrected chi connectivity index (χ3v) is 8.79. The van der Waals surface area contributed by atoms with E-state index in [1.165, 1.54) is 30.3 Å². The number of rotatable bonds is 11. The molecule has 12 heteroatoms. The van der Waals surface area contributed by atoms with Crippen molar-refractivity contribution in [3.63, 3.8) is 0 Å².